The van der Waals surface area contributed by atoms with E-state index in [0.717, 1.165) is 37.8 Å². The maximum absolute atomic E-state index is 13.5. The van der Waals surface area contributed by atoms with E-state index in [-0.39, 0.29) is 23.3 Å². The molecule has 2 saturated carbocycles. The molecule has 4 nitrogen and oxygen atoms in total. The van der Waals surface area contributed by atoms with Gasteiger partial charge in [0, 0.05) is 36.7 Å². The van der Waals surface area contributed by atoms with Crippen LogP contribution < -0.4 is 0 Å². The Morgan fingerprint density at radius 1 is 0.806 bits per heavy atom. The Kier molecular flexibility index (Phi) is 6.58. The molecule has 31 heavy (non-hydrogen) atoms. The molecule has 1 saturated heterocycles. The average molecular weight is 437 g/mol. The second kappa shape index (κ2) is 9.21. The normalized spacial score (nSPS) is 21.6. The van der Waals surface area contributed by atoms with E-state index in [0.29, 0.717) is 38.0 Å². The van der Waals surface area contributed by atoms with E-state index in [1.807, 2.05) is 0 Å². The molecule has 7 heteroatoms. The number of nitrogens with zero attached hydrogens (tertiary/aromatic N) is 2. The molecule has 3 aliphatic rings. The topological polar surface area (TPSA) is 40.6 Å². The van der Waals surface area contributed by atoms with Crippen LogP contribution in [0.5, 0.6) is 0 Å². The lowest BCUT2D eigenvalue weighted by Crippen LogP contribution is -2.50. The summed E-state index contributed by atoms with van der Waals surface area (Å²) in [4.78, 5) is 30.1. The van der Waals surface area contributed by atoms with Crippen LogP contribution >= 0.6 is 0 Å². The van der Waals surface area contributed by atoms with E-state index in [4.69, 9.17) is 0 Å². The fraction of sp³-hybridized carbons (Fsp3) is 0.667. The zero-order valence-electron chi connectivity index (χ0n) is 17.9. The maximum Gasteiger partial charge on any atom is 0.416 e. The van der Waals surface area contributed by atoms with E-state index >= 15 is 0 Å². The third-order valence-electron chi connectivity index (χ3n) is 7.28. The highest BCUT2D eigenvalue weighted by Gasteiger charge is 2.38. The Hall–Kier alpha value is -2.05. The third kappa shape index (κ3) is 4.90. The molecule has 0 spiro atoms. The summed E-state index contributed by atoms with van der Waals surface area (Å²) in [6.45, 7) is 0.943. The van der Waals surface area contributed by atoms with Crippen molar-refractivity contribution in [1.82, 2.24) is 9.80 Å². The van der Waals surface area contributed by atoms with Gasteiger partial charge < -0.3 is 9.80 Å². The summed E-state index contributed by atoms with van der Waals surface area (Å²) in [6.07, 6.45) is 6.04. The van der Waals surface area contributed by atoms with Crippen LogP contribution in [0.15, 0.2) is 24.3 Å². The monoisotopic (exact) mass is 436 g/mol. The second-order valence-corrected chi connectivity index (χ2v) is 9.26. The molecule has 0 atom stereocenters. The first-order valence-electron chi connectivity index (χ1n) is 11.6. The minimum absolute atomic E-state index is 0.0575. The van der Waals surface area contributed by atoms with Crippen LogP contribution in [-0.2, 0) is 11.0 Å². The number of carbonyl (C=O) groups excluding carboxylic acids is 2. The van der Waals surface area contributed by atoms with Crippen LogP contribution in [0.3, 0.4) is 0 Å². The summed E-state index contributed by atoms with van der Waals surface area (Å²) < 4.78 is 38.3. The quantitative estimate of drug-likeness (QED) is 0.645. The van der Waals surface area contributed by atoms with Crippen molar-refractivity contribution >= 4 is 11.8 Å². The first-order chi connectivity index (χ1) is 14.8. The molecule has 0 unspecified atom stereocenters. The molecule has 0 bridgehead atoms. The number of alkyl halides is 3. The van der Waals surface area contributed by atoms with Crippen LogP contribution in [0.25, 0.3) is 0 Å². The third-order valence-corrected chi connectivity index (χ3v) is 7.28. The van der Waals surface area contributed by atoms with Crippen molar-refractivity contribution < 1.29 is 22.8 Å². The van der Waals surface area contributed by atoms with Gasteiger partial charge in [0.1, 0.15) is 0 Å². The van der Waals surface area contributed by atoms with Crippen LogP contribution in [0.4, 0.5) is 13.2 Å². The molecular weight excluding hydrogens is 405 g/mol. The van der Waals surface area contributed by atoms with Crippen molar-refractivity contribution in [3.8, 4) is 0 Å². The van der Waals surface area contributed by atoms with Crippen LogP contribution in [-0.4, -0.2) is 46.8 Å². The molecule has 170 valence electrons. The lowest BCUT2D eigenvalue weighted by Gasteiger charge is -2.39. The molecule has 1 aromatic carbocycles. The van der Waals surface area contributed by atoms with E-state index in [2.05, 4.69) is 4.90 Å². The van der Waals surface area contributed by atoms with Crippen LogP contribution in [0.1, 0.15) is 80.1 Å². The average Bonchev–Trinajstić information content (AvgIpc) is 3.48. The molecule has 2 aliphatic carbocycles. The largest absolute Gasteiger partial charge is 0.416 e. The molecule has 0 N–H and O–H groups in total. The number of amides is 2. The molecule has 1 heterocycles. The molecule has 2 amide bonds. The smallest absolute Gasteiger partial charge is 0.339 e. The van der Waals surface area contributed by atoms with E-state index in [1.165, 1.54) is 37.8 Å². The lowest BCUT2D eigenvalue weighted by molar-refractivity contribution is -0.142. The molecule has 4 rings (SSSR count). The predicted octanol–water partition coefficient (Wildman–Crippen LogP) is 5.27. The molecule has 3 fully saturated rings. The lowest BCUT2D eigenvalue weighted by atomic mass is 9.92. The van der Waals surface area contributed by atoms with Gasteiger partial charge in [-0.25, -0.2) is 0 Å². The van der Waals surface area contributed by atoms with Gasteiger partial charge in [0.15, 0.2) is 0 Å². The van der Waals surface area contributed by atoms with Gasteiger partial charge in [0.25, 0.3) is 5.91 Å². The van der Waals surface area contributed by atoms with Crippen molar-refractivity contribution in [2.75, 3.05) is 13.1 Å². The van der Waals surface area contributed by atoms with E-state index < -0.39 is 11.7 Å². The van der Waals surface area contributed by atoms with Gasteiger partial charge in [-0.05, 0) is 62.8 Å². The fourth-order valence-electron chi connectivity index (χ4n) is 5.55. The second-order valence-electron chi connectivity index (χ2n) is 9.26. The molecule has 0 aromatic heterocycles. The van der Waals surface area contributed by atoms with Gasteiger partial charge in [0.05, 0.1) is 5.56 Å². The Labute approximate surface area is 181 Å². The van der Waals surface area contributed by atoms with Crippen molar-refractivity contribution in [3.63, 3.8) is 0 Å². The van der Waals surface area contributed by atoms with Crippen molar-refractivity contribution in [2.24, 2.45) is 5.92 Å². The standard InChI is InChI=1S/C24H31F3N2O2/c25-24(26,27)19-11-9-17(10-12-19)22(30)28-15-13-18(14-16-28)23(31)29(20-5-1-2-6-20)21-7-3-4-8-21/h9-12,18,20-21H,1-8,13-16H2. The first kappa shape index (κ1) is 22.2. The number of halogens is 3. The van der Waals surface area contributed by atoms with Crippen molar-refractivity contribution in [1.29, 1.82) is 0 Å². The minimum Gasteiger partial charge on any atom is -0.339 e. The zero-order chi connectivity index (χ0) is 22.0. The summed E-state index contributed by atoms with van der Waals surface area (Å²) >= 11 is 0. The van der Waals surface area contributed by atoms with Crippen molar-refractivity contribution in [2.45, 2.75) is 82.5 Å². The van der Waals surface area contributed by atoms with Crippen LogP contribution in [0, 0.1) is 5.92 Å². The van der Waals surface area contributed by atoms with Crippen LogP contribution in [0.2, 0.25) is 0 Å². The zero-order valence-corrected chi connectivity index (χ0v) is 17.9. The van der Waals surface area contributed by atoms with E-state index in [1.54, 1.807) is 4.90 Å². The van der Waals surface area contributed by atoms with E-state index in [9.17, 15) is 22.8 Å². The number of hydrogen-bond acceptors (Lipinski definition) is 2. The SMILES string of the molecule is O=C(c1ccc(C(F)(F)F)cc1)N1CCC(C(=O)N(C2CCCC2)C2CCCC2)CC1. The maximum atomic E-state index is 13.5. The van der Waals surface area contributed by atoms with Gasteiger partial charge in [0.2, 0.25) is 5.91 Å². The summed E-state index contributed by atoms with van der Waals surface area (Å²) in [5.74, 6) is -0.0543. The molecular formula is C24H31F3N2O2. The molecule has 0 radical (unpaired) electrons. The number of hydrogen-bond donors (Lipinski definition) is 0. The highest BCUT2D eigenvalue weighted by atomic mass is 19.4. The fourth-order valence-corrected chi connectivity index (χ4v) is 5.55. The van der Waals surface area contributed by atoms with Gasteiger partial charge in [-0.15, -0.1) is 0 Å². The number of carbonyl (C=O) groups is 2. The Morgan fingerprint density at radius 3 is 1.74 bits per heavy atom. The summed E-state index contributed by atoms with van der Waals surface area (Å²) in [5, 5.41) is 0. The Balaban J connectivity index is 1.37. The molecule has 1 aliphatic heterocycles. The number of likely N-dealkylation sites (tertiary alicyclic amines) is 1. The minimum atomic E-state index is -4.41. The number of benzene rings is 1. The predicted molar refractivity (Wildman–Crippen MR) is 111 cm³/mol. The van der Waals surface area contributed by atoms with Gasteiger partial charge in [-0.2, -0.15) is 13.2 Å². The van der Waals surface area contributed by atoms with Gasteiger partial charge in [-0.3, -0.25) is 9.59 Å². The number of piperidine rings is 1. The molecule has 1 aromatic rings. The summed E-state index contributed by atoms with van der Waals surface area (Å²) in [6, 6.07) is 5.13. The Morgan fingerprint density at radius 2 is 1.29 bits per heavy atom. The summed E-state index contributed by atoms with van der Waals surface area (Å²) in [7, 11) is 0. The Bertz CT molecular complexity index is 757. The highest BCUT2D eigenvalue weighted by Crippen LogP contribution is 2.34. The van der Waals surface area contributed by atoms with Crippen molar-refractivity contribution in [3.05, 3.63) is 35.4 Å². The summed E-state index contributed by atoms with van der Waals surface area (Å²) in [5.41, 5.74) is -0.497. The highest BCUT2D eigenvalue weighted by molar-refractivity contribution is 5.94. The van der Waals surface area contributed by atoms with Gasteiger partial charge in [-0.1, -0.05) is 25.7 Å². The first-order valence-corrected chi connectivity index (χ1v) is 11.6. The number of rotatable bonds is 4. The van der Waals surface area contributed by atoms with Gasteiger partial charge >= 0.3 is 6.18 Å².